The normalized spacial score (nSPS) is 11.0. The number of aryl methyl sites for hydroxylation is 1. The molecule has 0 aliphatic heterocycles. The molecule has 0 amide bonds. The lowest BCUT2D eigenvalue weighted by Gasteiger charge is -2.14. The van der Waals surface area contributed by atoms with E-state index in [-0.39, 0.29) is 11.1 Å². The van der Waals surface area contributed by atoms with Gasteiger partial charge in [0.1, 0.15) is 0 Å². The van der Waals surface area contributed by atoms with Gasteiger partial charge in [-0.15, -0.1) is 11.3 Å². The Labute approximate surface area is 124 Å². The van der Waals surface area contributed by atoms with Crippen LogP contribution in [0.4, 0.5) is 0 Å². The Morgan fingerprint density at radius 1 is 1.19 bits per heavy atom. The number of thiophene rings is 1. The van der Waals surface area contributed by atoms with E-state index >= 15 is 0 Å². The standard InChI is InChI=1S/C16H13NO3S/c1-9-7-14(18)17(10(2)15(9)16(19)20)12-3-4-13-11(8-12)5-6-21-13/h3-8H,1-2H3,(H,19,20). The molecule has 0 fully saturated rings. The van der Waals surface area contributed by atoms with E-state index in [0.29, 0.717) is 16.9 Å². The Balaban J connectivity index is 2.33. The van der Waals surface area contributed by atoms with Crippen LogP contribution in [0, 0.1) is 13.8 Å². The molecule has 1 N–H and O–H groups in total. The molecule has 2 heterocycles. The maximum absolute atomic E-state index is 12.3. The maximum atomic E-state index is 12.3. The van der Waals surface area contributed by atoms with Crippen LogP contribution in [0.3, 0.4) is 0 Å². The number of hydrogen-bond donors (Lipinski definition) is 1. The van der Waals surface area contributed by atoms with Gasteiger partial charge >= 0.3 is 5.97 Å². The van der Waals surface area contributed by atoms with Gasteiger partial charge in [-0.05, 0) is 54.4 Å². The number of aromatic carboxylic acids is 1. The monoisotopic (exact) mass is 299 g/mol. The Morgan fingerprint density at radius 2 is 1.95 bits per heavy atom. The van der Waals surface area contributed by atoms with E-state index in [2.05, 4.69) is 0 Å². The van der Waals surface area contributed by atoms with Crippen molar-refractivity contribution in [3.05, 3.63) is 62.9 Å². The van der Waals surface area contributed by atoms with E-state index in [1.807, 2.05) is 29.6 Å². The number of carbonyl (C=O) groups is 1. The molecule has 0 unspecified atom stereocenters. The Hall–Kier alpha value is -2.40. The van der Waals surface area contributed by atoms with Gasteiger partial charge in [-0.25, -0.2) is 4.79 Å². The zero-order valence-electron chi connectivity index (χ0n) is 11.6. The summed E-state index contributed by atoms with van der Waals surface area (Å²) < 4.78 is 2.59. The third kappa shape index (κ3) is 2.15. The number of benzene rings is 1. The summed E-state index contributed by atoms with van der Waals surface area (Å²) in [7, 11) is 0. The summed E-state index contributed by atoms with van der Waals surface area (Å²) in [5.41, 5.74) is 1.58. The summed E-state index contributed by atoms with van der Waals surface area (Å²) in [5, 5.41) is 12.4. The number of pyridine rings is 1. The number of fused-ring (bicyclic) bond motifs is 1. The highest BCUT2D eigenvalue weighted by Crippen LogP contribution is 2.24. The van der Waals surface area contributed by atoms with Crippen LogP contribution < -0.4 is 5.56 Å². The SMILES string of the molecule is Cc1cc(=O)n(-c2ccc3sccc3c2)c(C)c1C(=O)O. The molecule has 1 aromatic carbocycles. The summed E-state index contributed by atoms with van der Waals surface area (Å²) in [5.74, 6) is -1.02. The Morgan fingerprint density at radius 3 is 2.67 bits per heavy atom. The van der Waals surface area contributed by atoms with Crippen molar-refractivity contribution in [1.29, 1.82) is 0 Å². The van der Waals surface area contributed by atoms with E-state index in [0.717, 1.165) is 10.1 Å². The zero-order valence-corrected chi connectivity index (χ0v) is 12.4. The molecule has 0 aliphatic rings. The summed E-state index contributed by atoms with van der Waals surface area (Å²) in [4.78, 5) is 23.7. The first kappa shape index (κ1) is 13.6. The van der Waals surface area contributed by atoms with Crippen molar-refractivity contribution in [2.24, 2.45) is 0 Å². The number of rotatable bonds is 2. The predicted molar refractivity (Wildman–Crippen MR) is 83.9 cm³/mol. The van der Waals surface area contributed by atoms with Crippen LogP contribution in [0.5, 0.6) is 0 Å². The van der Waals surface area contributed by atoms with Crippen LogP contribution in [0.25, 0.3) is 15.8 Å². The quantitative estimate of drug-likeness (QED) is 0.789. The average molecular weight is 299 g/mol. The van der Waals surface area contributed by atoms with E-state index in [9.17, 15) is 14.7 Å². The van der Waals surface area contributed by atoms with Gasteiger partial charge in [0.15, 0.2) is 0 Å². The van der Waals surface area contributed by atoms with Crippen molar-refractivity contribution in [3.8, 4) is 5.69 Å². The van der Waals surface area contributed by atoms with Crippen molar-refractivity contribution >= 4 is 27.4 Å². The largest absolute Gasteiger partial charge is 0.478 e. The van der Waals surface area contributed by atoms with Crippen LogP contribution in [-0.4, -0.2) is 15.6 Å². The summed E-state index contributed by atoms with van der Waals surface area (Å²) >= 11 is 1.63. The maximum Gasteiger partial charge on any atom is 0.337 e. The van der Waals surface area contributed by atoms with Crippen molar-refractivity contribution < 1.29 is 9.90 Å². The molecule has 0 aliphatic carbocycles. The van der Waals surface area contributed by atoms with Gasteiger partial charge in [-0.2, -0.15) is 0 Å². The molecule has 0 atom stereocenters. The van der Waals surface area contributed by atoms with E-state index in [1.54, 1.807) is 25.2 Å². The van der Waals surface area contributed by atoms with Crippen molar-refractivity contribution in [2.45, 2.75) is 13.8 Å². The van der Waals surface area contributed by atoms with Crippen LogP contribution in [0.2, 0.25) is 0 Å². The van der Waals surface area contributed by atoms with E-state index in [4.69, 9.17) is 0 Å². The lowest BCUT2D eigenvalue weighted by Crippen LogP contribution is -2.24. The van der Waals surface area contributed by atoms with Crippen LogP contribution in [0.15, 0.2) is 40.5 Å². The molecule has 0 saturated carbocycles. The summed E-state index contributed by atoms with van der Waals surface area (Å²) in [6.45, 7) is 3.31. The second-order valence-electron chi connectivity index (χ2n) is 4.91. The third-order valence-corrected chi connectivity index (χ3v) is 4.46. The fourth-order valence-electron chi connectivity index (χ4n) is 2.62. The van der Waals surface area contributed by atoms with Gasteiger partial charge < -0.3 is 5.11 Å². The Kier molecular flexibility index (Phi) is 3.14. The zero-order chi connectivity index (χ0) is 15.1. The topological polar surface area (TPSA) is 59.3 Å². The molecule has 0 saturated heterocycles. The first-order valence-electron chi connectivity index (χ1n) is 6.43. The molecular weight excluding hydrogens is 286 g/mol. The van der Waals surface area contributed by atoms with Gasteiger partial charge in [0.25, 0.3) is 5.56 Å². The highest BCUT2D eigenvalue weighted by Gasteiger charge is 2.16. The molecule has 106 valence electrons. The van der Waals surface area contributed by atoms with Gasteiger partial charge in [-0.1, -0.05) is 0 Å². The Bertz CT molecular complexity index is 921. The van der Waals surface area contributed by atoms with Gasteiger partial charge in [0.2, 0.25) is 0 Å². The number of nitrogens with zero attached hydrogens (tertiary/aromatic N) is 1. The number of carboxylic acids is 1. The van der Waals surface area contributed by atoms with Gasteiger partial charge in [-0.3, -0.25) is 9.36 Å². The van der Waals surface area contributed by atoms with Gasteiger partial charge in [0.05, 0.1) is 5.56 Å². The highest BCUT2D eigenvalue weighted by atomic mass is 32.1. The fraction of sp³-hybridized carbons (Fsp3) is 0.125. The first-order valence-corrected chi connectivity index (χ1v) is 7.31. The van der Waals surface area contributed by atoms with Crippen molar-refractivity contribution in [1.82, 2.24) is 4.57 Å². The molecule has 3 rings (SSSR count). The molecule has 0 bridgehead atoms. The minimum absolute atomic E-state index is 0.181. The predicted octanol–water partition coefficient (Wildman–Crippen LogP) is 3.37. The molecule has 0 spiro atoms. The minimum atomic E-state index is -1.02. The smallest absolute Gasteiger partial charge is 0.337 e. The lowest BCUT2D eigenvalue weighted by atomic mass is 10.1. The molecule has 3 aromatic rings. The molecular formula is C16H13NO3S. The highest BCUT2D eigenvalue weighted by molar-refractivity contribution is 7.17. The van der Waals surface area contributed by atoms with Crippen molar-refractivity contribution in [2.75, 3.05) is 0 Å². The van der Waals surface area contributed by atoms with Gasteiger partial charge in [0, 0.05) is 22.1 Å². The molecule has 0 radical (unpaired) electrons. The summed E-state index contributed by atoms with van der Waals surface area (Å²) in [6, 6.07) is 9.04. The van der Waals surface area contributed by atoms with Crippen molar-refractivity contribution in [3.63, 3.8) is 0 Å². The second-order valence-corrected chi connectivity index (χ2v) is 5.86. The molecule has 2 aromatic heterocycles. The van der Waals surface area contributed by atoms with E-state index < -0.39 is 5.97 Å². The number of aromatic nitrogens is 1. The van der Waals surface area contributed by atoms with E-state index in [1.165, 1.54) is 10.6 Å². The first-order chi connectivity index (χ1) is 9.99. The fourth-order valence-corrected chi connectivity index (χ4v) is 3.39. The molecule has 4 nitrogen and oxygen atoms in total. The summed E-state index contributed by atoms with van der Waals surface area (Å²) in [6.07, 6.45) is 0. The second kappa shape index (κ2) is 4.86. The third-order valence-electron chi connectivity index (χ3n) is 3.56. The van der Waals surface area contributed by atoms with Crippen LogP contribution in [-0.2, 0) is 0 Å². The average Bonchev–Trinajstić information content (AvgIpc) is 2.84. The number of carboxylic acid groups (broad SMARTS) is 1. The number of hydrogen-bond acceptors (Lipinski definition) is 3. The molecule has 5 heteroatoms. The lowest BCUT2D eigenvalue weighted by molar-refractivity contribution is 0.0694. The molecule has 21 heavy (non-hydrogen) atoms. The van der Waals surface area contributed by atoms with Crippen LogP contribution in [0.1, 0.15) is 21.6 Å². The van der Waals surface area contributed by atoms with Crippen LogP contribution >= 0.6 is 11.3 Å². The minimum Gasteiger partial charge on any atom is -0.478 e.